The van der Waals surface area contributed by atoms with E-state index in [1.165, 1.54) is 6.07 Å². The number of allylic oxidation sites excluding steroid dienone is 1. The van der Waals surface area contributed by atoms with E-state index >= 15 is 0 Å². The Morgan fingerprint density at radius 1 is 1.27 bits per heavy atom. The molecule has 2 aromatic rings. The third-order valence-electron chi connectivity index (χ3n) is 3.91. The minimum Gasteiger partial charge on any atom is -0.237 e. The highest BCUT2D eigenvalue weighted by Gasteiger charge is 2.27. The summed E-state index contributed by atoms with van der Waals surface area (Å²) in [5.41, 5.74) is 2.41. The van der Waals surface area contributed by atoms with Crippen LogP contribution in [0.4, 0.5) is 8.78 Å². The van der Waals surface area contributed by atoms with Gasteiger partial charge in [0.05, 0.1) is 17.1 Å². The van der Waals surface area contributed by atoms with E-state index < -0.39 is 17.2 Å². The molecule has 1 aliphatic carbocycles. The van der Waals surface area contributed by atoms with Gasteiger partial charge in [-0.2, -0.15) is 10.4 Å². The van der Waals surface area contributed by atoms with Gasteiger partial charge in [-0.25, -0.2) is 13.5 Å². The van der Waals surface area contributed by atoms with E-state index in [0.717, 1.165) is 35.5 Å². The quantitative estimate of drug-likeness (QED) is 0.800. The highest BCUT2D eigenvalue weighted by molar-refractivity contribution is 5.60. The van der Waals surface area contributed by atoms with Crippen molar-refractivity contribution >= 4 is 6.08 Å². The van der Waals surface area contributed by atoms with E-state index in [9.17, 15) is 8.78 Å². The Morgan fingerprint density at radius 3 is 2.50 bits per heavy atom. The Labute approximate surface area is 127 Å². The summed E-state index contributed by atoms with van der Waals surface area (Å²) in [5.74, 6) is -1.74. The van der Waals surface area contributed by atoms with Gasteiger partial charge >= 0.3 is 0 Å². The smallest absolute Gasteiger partial charge is 0.146 e. The molecule has 5 heteroatoms. The summed E-state index contributed by atoms with van der Waals surface area (Å²) in [6.07, 6.45) is 4.85. The van der Waals surface area contributed by atoms with Crippen molar-refractivity contribution < 1.29 is 8.78 Å². The van der Waals surface area contributed by atoms with E-state index in [4.69, 9.17) is 5.26 Å². The fourth-order valence-electron chi connectivity index (χ4n) is 2.78. The molecule has 0 fully saturated rings. The number of hydrogen-bond donors (Lipinski definition) is 0. The third kappa shape index (κ3) is 2.21. The lowest BCUT2D eigenvalue weighted by molar-refractivity contribution is 0.461. The van der Waals surface area contributed by atoms with Gasteiger partial charge in [-0.15, -0.1) is 0 Å². The summed E-state index contributed by atoms with van der Waals surface area (Å²) in [4.78, 5) is 0. The minimum absolute atomic E-state index is 0.0408. The van der Waals surface area contributed by atoms with Crippen LogP contribution in [0.15, 0.2) is 18.2 Å². The number of aromatic nitrogens is 2. The molecule has 0 N–H and O–H groups in total. The van der Waals surface area contributed by atoms with Gasteiger partial charge in [0.15, 0.2) is 0 Å². The zero-order valence-corrected chi connectivity index (χ0v) is 12.6. The number of nitrogens with zero attached hydrogens (tertiary/aromatic N) is 3. The van der Waals surface area contributed by atoms with Crippen LogP contribution >= 0.6 is 0 Å². The van der Waals surface area contributed by atoms with Crippen LogP contribution in [0.5, 0.6) is 0 Å². The maximum absolute atomic E-state index is 13.9. The first-order valence-electron chi connectivity index (χ1n) is 6.99. The maximum Gasteiger partial charge on any atom is 0.146 e. The molecule has 0 atom stereocenters. The van der Waals surface area contributed by atoms with Crippen LogP contribution in [-0.4, -0.2) is 9.78 Å². The van der Waals surface area contributed by atoms with E-state index in [1.54, 1.807) is 4.68 Å². The lowest BCUT2D eigenvalue weighted by Crippen LogP contribution is -2.18. The van der Waals surface area contributed by atoms with Crippen molar-refractivity contribution in [2.45, 2.75) is 27.2 Å². The van der Waals surface area contributed by atoms with E-state index in [1.807, 2.05) is 13.0 Å². The summed E-state index contributed by atoms with van der Waals surface area (Å²) in [6, 6.07) is 3.84. The summed E-state index contributed by atoms with van der Waals surface area (Å²) < 4.78 is 29.3. The topological polar surface area (TPSA) is 41.6 Å². The fourth-order valence-corrected chi connectivity index (χ4v) is 2.78. The van der Waals surface area contributed by atoms with Crippen LogP contribution in [0.3, 0.4) is 0 Å². The molecule has 3 rings (SSSR count). The predicted molar refractivity (Wildman–Crippen MR) is 79.5 cm³/mol. The molecule has 3 nitrogen and oxygen atoms in total. The molecule has 112 valence electrons. The number of fused-ring (bicyclic) bond motifs is 1. The number of nitriles is 1. The minimum atomic E-state index is -0.870. The number of halogens is 2. The van der Waals surface area contributed by atoms with Crippen molar-refractivity contribution in [3.05, 3.63) is 52.4 Å². The van der Waals surface area contributed by atoms with Gasteiger partial charge in [-0.3, -0.25) is 0 Å². The molecule has 1 aliphatic rings. The van der Waals surface area contributed by atoms with Gasteiger partial charge in [0, 0.05) is 17.7 Å². The van der Waals surface area contributed by atoms with Gasteiger partial charge < -0.3 is 0 Å². The maximum atomic E-state index is 13.9. The fraction of sp³-hybridized carbons (Fsp3) is 0.294. The van der Waals surface area contributed by atoms with E-state index in [2.05, 4.69) is 25.0 Å². The monoisotopic (exact) mass is 299 g/mol. The van der Waals surface area contributed by atoms with Gasteiger partial charge in [0.1, 0.15) is 23.3 Å². The standard InChI is InChI=1S/C17H15F2N3/c1-10-12-4-5-17(2,3)8-16(12)22(21-10)11-6-14(18)13(9-20)15(19)7-11/h4-7H,8H2,1-3H3. The van der Waals surface area contributed by atoms with Crippen LogP contribution in [0.25, 0.3) is 11.8 Å². The molecule has 0 unspecified atom stereocenters. The van der Waals surface area contributed by atoms with Crippen molar-refractivity contribution in [1.82, 2.24) is 9.78 Å². The van der Waals surface area contributed by atoms with Crippen LogP contribution in [-0.2, 0) is 6.42 Å². The van der Waals surface area contributed by atoms with Gasteiger partial charge in [0.2, 0.25) is 0 Å². The molecule has 0 radical (unpaired) electrons. The Balaban J connectivity index is 2.20. The Kier molecular flexibility index (Phi) is 3.13. The second-order valence-electron chi connectivity index (χ2n) is 6.25. The Bertz CT molecular complexity index is 815. The van der Waals surface area contributed by atoms with Crippen molar-refractivity contribution in [1.29, 1.82) is 5.26 Å². The first kappa shape index (κ1) is 14.5. The average molecular weight is 299 g/mol. The molecular formula is C17H15F2N3. The van der Waals surface area contributed by atoms with Crippen LogP contribution < -0.4 is 0 Å². The van der Waals surface area contributed by atoms with Crippen LogP contribution in [0, 0.1) is 35.3 Å². The largest absolute Gasteiger partial charge is 0.237 e. The first-order valence-corrected chi connectivity index (χ1v) is 6.99. The van der Waals surface area contributed by atoms with Crippen LogP contribution in [0.2, 0.25) is 0 Å². The molecule has 0 saturated carbocycles. The summed E-state index contributed by atoms with van der Waals surface area (Å²) in [6.45, 7) is 6.06. The number of benzene rings is 1. The lowest BCUT2D eigenvalue weighted by atomic mass is 9.82. The first-order chi connectivity index (χ1) is 10.3. The number of aryl methyl sites for hydroxylation is 1. The number of hydrogen-bond acceptors (Lipinski definition) is 2. The summed E-state index contributed by atoms with van der Waals surface area (Å²) >= 11 is 0. The van der Waals surface area contributed by atoms with Gasteiger partial charge in [-0.1, -0.05) is 26.0 Å². The average Bonchev–Trinajstić information content (AvgIpc) is 2.73. The van der Waals surface area contributed by atoms with Crippen molar-refractivity contribution in [3.8, 4) is 11.8 Å². The molecule has 0 amide bonds. The molecule has 22 heavy (non-hydrogen) atoms. The summed E-state index contributed by atoms with van der Waals surface area (Å²) in [5, 5.41) is 13.2. The molecule has 0 bridgehead atoms. The Morgan fingerprint density at radius 2 is 1.91 bits per heavy atom. The van der Waals surface area contributed by atoms with Crippen molar-refractivity contribution in [2.24, 2.45) is 5.41 Å². The summed E-state index contributed by atoms with van der Waals surface area (Å²) in [7, 11) is 0. The molecule has 1 heterocycles. The van der Waals surface area contributed by atoms with Gasteiger partial charge in [0.25, 0.3) is 0 Å². The zero-order chi connectivity index (χ0) is 16.1. The van der Waals surface area contributed by atoms with Crippen molar-refractivity contribution in [2.75, 3.05) is 0 Å². The van der Waals surface area contributed by atoms with Crippen molar-refractivity contribution in [3.63, 3.8) is 0 Å². The number of rotatable bonds is 1. The zero-order valence-electron chi connectivity index (χ0n) is 12.6. The second kappa shape index (κ2) is 4.77. The highest BCUT2D eigenvalue weighted by atomic mass is 19.1. The van der Waals surface area contributed by atoms with Crippen LogP contribution in [0.1, 0.15) is 36.4 Å². The molecule has 0 saturated heterocycles. The van der Waals surface area contributed by atoms with E-state index in [-0.39, 0.29) is 5.41 Å². The predicted octanol–water partition coefficient (Wildman–Crippen LogP) is 3.93. The third-order valence-corrected chi connectivity index (χ3v) is 3.91. The van der Waals surface area contributed by atoms with E-state index in [0.29, 0.717) is 5.69 Å². The second-order valence-corrected chi connectivity index (χ2v) is 6.25. The van der Waals surface area contributed by atoms with Gasteiger partial charge in [-0.05, 0) is 18.8 Å². The highest BCUT2D eigenvalue weighted by Crippen LogP contribution is 2.34. The lowest BCUT2D eigenvalue weighted by Gasteiger charge is -2.25. The molecule has 1 aromatic heterocycles. The SMILES string of the molecule is Cc1nn(-c2cc(F)c(C#N)c(F)c2)c2c1C=CC(C)(C)C2. The Hall–Kier alpha value is -2.48. The molecule has 0 spiro atoms. The normalized spacial score (nSPS) is 15.5. The molecule has 0 aliphatic heterocycles. The molecular weight excluding hydrogens is 284 g/mol. The molecule has 1 aromatic carbocycles.